The van der Waals surface area contributed by atoms with Gasteiger partial charge in [0.15, 0.2) is 11.5 Å². The summed E-state index contributed by atoms with van der Waals surface area (Å²) in [5, 5.41) is 13.0. The number of halogens is 1. The van der Waals surface area contributed by atoms with Gasteiger partial charge in [-0.25, -0.2) is 4.79 Å². The second-order valence-electron chi connectivity index (χ2n) is 15.4. The molecule has 4 aromatic carbocycles. The first-order valence-electron chi connectivity index (χ1n) is 18.3. The largest absolute Gasteiger partial charge is 0.493 e. The lowest BCUT2D eigenvalue weighted by atomic mass is 9.70. The first-order valence-corrected chi connectivity index (χ1v) is 18.7. The maximum atomic E-state index is 14.1. The molecule has 1 spiro atoms. The minimum Gasteiger partial charge on any atom is -0.493 e. The Bertz CT molecular complexity index is 2000. The van der Waals surface area contributed by atoms with Crippen LogP contribution < -0.4 is 14.4 Å². The number of hydrogen-bond donors (Lipinski definition) is 1. The van der Waals surface area contributed by atoms with Crippen molar-refractivity contribution in [3.05, 3.63) is 124 Å². The zero-order chi connectivity index (χ0) is 37.1. The number of aliphatic hydroxyl groups is 1. The lowest BCUT2D eigenvalue weighted by Gasteiger charge is -2.42. The smallest absolute Gasteiger partial charge is 0.410 e. The van der Waals surface area contributed by atoms with Crippen molar-refractivity contribution >= 4 is 29.3 Å². The summed E-state index contributed by atoms with van der Waals surface area (Å²) in [5.41, 5.74) is 3.61. The molecule has 9 nitrogen and oxygen atoms in total. The predicted molar refractivity (Wildman–Crippen MR) is 201 cm³/mol. The van der Waals surface area contributed by atoms with Crippen LogP contribution in [0.5, 0.6) is 11.5 Å². The van der Waals surface area contributed by atoms with Gasteiger partial charge in [-0.2, -0.15) is 0 Å². The Morgan fingerprint density at radius 3 is 2.47 bits per heavy atom. The van der Waals surface area contributed by atoms with Gasteiger partial charge >= 0.3 is 6.09 Å². The van der Waals surface area contributed by atoms with E-state index in [4.69, 9.17) is 30.5 Å². The van der Waals surface area contributed by atoms with E-state index >= 15 is 0 Å². The van der Waals surface area contributed by atoms with E-state index < -0.39 is 11.6 Å². The van der Waals surface area contributed by atoms with Gasteiger partial charge in [-0.3, -0.25) is 4.79 Å². The maximum absolute atomic E-state index is 14.1. The summed E-state index contributed by atoms with van der Waals surface area (Å²) in [5.74, 6) is 0.954. The van der Waals surface area contributed by atoms with Crippen molar-refractivity contribution in [1.29, 1.82) is 0 Å². The second-order valence-corrected chi connectivity index (χ2v) is 15.9. The average Bonchev–Trinajstić information content (AvgIpc) is 3.83. The second kappa shape index (κ2) is 13.7. The number of carbonyl (C=O) groups is 2. The van der Waals surface area contributed by atoms with Gasteiger partial charge in [-0.1, -0.05) is 66.2 Å². The fourth-order valence-corrected chi connectivity index (χ4v) is 9.45. The van der Waals surface area contributed by atoms with Crippen molar-refractivity contribution in [1.82, 2.24) is 4.90 Å². The van der Waals surface area contributed by atoms with Crippen LogP contribution in [0.2, 0.25) is 5.02 Å². The third kappa shape index (κ3) is 6.32. The van der Waals surface area contributed by atoms with Crippen LogP contribution in [-0.4, -0.2) is 61.0 Å². The summed E-state index contributed by atoms with van der Waals surface area (Å²) >= 11 is 6.31. The Labute approximate surface area is 315 Å². The van der Waals surface area contributed by atoms with Crippen molar-refractivity contribution in [2.75, 3.05) is 31.7 Å². The number of anilines is 1. The average molecular weight is 737 g/mol. The number of carbonyl (C=O) groups excluding carboxylic acids is 2. The van der Waals surface area contributed by atoms with Crippen molar-refractivity contribution < 1.29 is 33.6 Å². The van der Waals surface area contributed by atoms with Crippen molar-refractivity contribution in [3.63, 3.8) is 0 Å². The Balaban J connectivity index is 1.07. The first kappa shape index (κ1) is 35.5. The fourth-order valence-electron chi connectivity index (χ4n) is 9.32. The molecule has 0 radical (unpaired) electrons. The number of methoxy groups -OCH3 is 1. The molecule has 4 aliphatic rings. The molecule has 2 saturated heterocycles. The van der Waals surface area contributed by atoms with Gasteiger partial charge in [0.2, 0.25) is 5.91 Å². The van der Waals surface area contributed by atoms with Gasteiger partial charge in [-0.15, -0.1) is 0 Å². The minimum atomic E-state index is -1.26. The summed E-state index contributed by atoms with van der Waals surface area (Å²) in [6, 6.07) is 28.3. The molecule has 3 aliphatic heterocycles. The molecule has 276 valence electrons. The summed E-state index contributed by atoms with van der Waals surface area (Å²) in [6.07, 6.45) is 0.441. The Kier molecular flexibility index (Phi) is 9.16. The number of benzene rings is 4. The number of amides is 2. The standard InChI is InChI=1S/C43H45ClN2O7/c1-26(2)53-36-20-33-29(18-35(36)50-4)19-38(47)46(40(33)28-10-14-31(44)15-11-28)32-16-12-30(13-17-32)42(3,49)39-34-22-45(24-43(34)21-37(39)52-25-43)41(48)51-23-27-8-6-5-7-9-27/h5-18,20,26,34,37,39-40,49H,19,21-25H2,1-4H3/t34?,37?,39?,40-,42?,43?/m0/s1. The molecular formula is C43H45ClN2O7. The number of hydrogen-bond acceptors (Lipinski definition) is 7. The van der Waals surface area contributed by atoms with Crippen molar-refractivity contribution in [2.45, 2.75) is 64.1 Å². The summed E-state index contributed by atoms with van der Waals surface area (Å²) < 4.78 is 23.8. The van der Waals surface area contributed by atoms with E-state index in [1.807, 2.05) is 117 Å². The van der Waals surface area contributed by atoms with E-state index in [1.54, 1.807) is 12.0 Å². The highest BCUT2D eigenvalue weighted by molar-refractivity contribution is 6.30. The molecule has 1 aliphatic carbocycles. The Morgan fingerprint density at radius 1 is 1.04 bits per heavy atom. The van der Waals surface area contributed by atoms with Gasteiger partial charge in [0.1, 0.15) is 6.61 Å². The van der Waals surface area contributed by atoms with Gasteiger partial charge < -0.3 is 33.9 Å². The normalized spacial score (nSPS) is 25.6. The third-order valence-electron chi connectivity index (χ3n) is 11.7. The molecule has 4 aromatic rings. The Hall–Kier alpha value is -4.57. The molecule has 8 rings (SSSR count). The molecule has 3 heterocycles. The molecule has 1 N–H and O–H groups in total. The number of likely N-dealkylation sites (tertiary alicyclic amines) is 1. The topological polar surface area (TPSA) is 97.8 Å². The number of nitrogens with zero attached hydrogens (tertiary/aromatic N) is 2. The summed E-state index contributed by atoms with van der Waals surface area (Å²) in [7, 11) is 1.60. The van der Waals surface area contributed by atoms with E-state index in [9.17, 15) is 14.7 Å². The van der Waals surface area contributed by atoms with Gasteiger partial charge in [0.25, 0.3) is 0 Å². The fraction of sp³-hybridized carbons (Fsp3) is 0.395. The van der Waals surface area contributed by atoms with Crippen LogP contribution in [0.25, 0.3) is 0 Å². The predicted octanol–water partition coefficient (Wildman–Crippen LogP) is 7.70. The number of rotatable bonds is 9. The molecule has 0 aromatic heterocycles. The van der Waals surface area contributed by atoms with Crippen LogP contribution >= 0.6 is 11.6 Å². The van der Waals surface area contributed by atoms with E-state index in [2.05, 4.69) is 0 Å². The van der Waals surface area contributed by atoms with E-state index in [0.717, 1.165) is 34.2 Å². The highest BCUT2D eigenvalue weighted by Crippen LogP contribution is 2.61. The van der Waals surface area contributed by atoms with E-state index in [-0.39, 0.29) is 54.5 Å². The lowest BCUT2D eigenvalue weighted by Crippen LogP contribution is -2.46. The third-order valence-corrected chi connectivity index (χ3v) is 12.0. The monoisotopic (exact) mass is 736 g/mol. The highest BCUT2D eigenvalue weighted by atomic mass is 35.5. The molecule has 1 saturated carbocycles. The minimum absolute atomic E-state index is 0.0499. The SMILES string of the molecule is COc1cc2c(cc1OC(C)C)[C@H](c1ccc(Cl)cc1)N(c1ccc(C(C)(O)C3C4CC5(CO4)CN(C(=O)OCc4ccccc4)CC35)cc1)C(=O)C2. The molecule has 2 amide bonds. The zero-order valence-electron chi connectivity index (χ0n) is 30.5. The molecule has 5 unspecified atom stereocenters. The quantitative estimate of drug-likeness (QED) is 0.188. The molecule has 10 heteroatoms. The maximum Gasteiger partial charge on any atom is 0.410 e. The van der Waals surface area contributed by atoms with E-state index in [0.29, 0.717) is 41.9 Å². The van der Waals surface area contributed by atoms with Gasteiger partial charge in [0.05, 0.1) is 44.0 Å². The van der Waals surface area contributed by atoms with Crippen LogP contribution in [0, 0.1) is 17.3 Å². The van der Waals surface area contributed by atoms with Gasteiger partial charge in [-0.05, 0) is 97.3 Å². The molecule has 2 bridgehead atoms. The van der Waals surface area contributed by atoms with Crippen molar-refractivity contribution in [2.24, 2.45) is 17.3 Å². The van der Waals surface area contributed by atoms with Crippen LogP contribution in [0.1, 0.15) is 61.1 Å². The lowest BCUT2D eigenvalue weighted by molar-refractivity contribution is -0.118. The summed E-state index contributed by atoms with van der Waals surface area (Å²) in [4.78, 5) is 30.9. The zero-order valence-corrected chi connectivity index (χ0v) is 31.2. The van der Waals surface area contributed by atoms with Crippen LogP contribution in [0.4, 0.5) is 10.5 Å². The number of fused-ring (bicyclic) bond motifs is 2. The highest BCUT2D eigenvalue weighted by Gasteiger charge is 2.67. The van der Waals surface area contributed by atoms with Crippen LogP contribution in [-0.2, 0) is 32.9 Å². The Morgan fingerprint density at radius 2 is 1.77 bits per heavy atom. The number of ether oxygens (including phenoxy) is 4. The van der Waals surface area contributed by atoms with Gasteiger partial charge in [0, 0.05) is 35.1 Å². The van der Waals surface area contributed by atoms with Crippen LogP contribution in [0.15, 0.2) is 91.0 Å². The van der Waals surface area contributed by atoms with Crippen molar-refractivity contribution in [3.8, 4) is 11.5 Å². The first-order chi connectivity index (χ1) is 25.5. The van der Waals surface area contributed by atoms with Crippen LogP contribution in [0.3, 0.4) is 0 Å². The molecule has 53 heavy (non-hydrogen) atoms. The molecule has 6 atom stereocenters. The summed E-state index contributed by atoms with van der Waals surface area (Å²) in [6.45, 7) is 7.62. The molecule has 3 fully saturated rings. The molecular weight excluding hydrogens is 692 g/mol. The van der Waals surface area contributed by atoms with E-state index in [1.165, 1.54) is 0 Å².